The summed E-state index contributed by atoms with van der Waals surface area (Å²) in [7, 11) is 0. The third-order valence-electron chi connectivity index (χ3n) is 4.95. The standard InChI is InChI=1S/C15H30N2/c1-3-6-15(7-9-16-10-8-15)13-17-11-5-14(4-2)12-17/h14,16H,3-13H2,1-2H3. The van der Waals surface area contributed by atoms with Crippen molar-refractivity contribution < 1.29 is 0 Å². The fraction of sp³-hybridized carbons (Fsp3) is 1.00. The van der Waals surface area contributed by atoms with Crippen molar-refractivity contribution >= 4 is 0 Å². The predicted octanol–water partition coefficient (Wildman–Crippen LogP) is 2.89. The maximum absolute atomic E-state index is 3.52. The normalized spacial score (nSPS) is 29.6. The second-order valence-electron chi connectivity index (χ2n) is 6.30. The molecule has 2 nitrogen and oxygen atoms in total. The van der Waals surface area contributed by atoms with Crippen LogP contribution < -0.4 is 5.32 Å². The number of hydrogen-bond donors (Lipinski definition) is 1. The first kappa shape index (κ1) is 13.4. The van der Waals surface area contributed by atoms with Crippen molar-refractivity contribution in [1.82, 2.24) is 10.2 Å². The van der Waals surface area contributed by atoms with E-state index in [1.807, 2.05) is 0 Å². The average Bonchev–Trinajstić information content (AvgIpc) is 2.78. The van der Waals surface area contributed by atoms with Gasteiger partial charge in [-0.25, -0.2) is 0 Å². The van der Waals surface area contributed by atoms with Crippen molar-refractivity contribution in [1.29, 1.82) is 0 Å². The highest BCUT2D eigenvalue weighted by molar-refractivity contribution is 4.89. The predicted molar refractivity (Wildman–Crippen MR) is 74.3 cm³/mol. The molecule has 2 aliphatic rings. The minimum atomic E-state index is 0.641. The Morgan fingerprint density at radius 1 is 1.24 bits per heavy atom. The molecule has 2 rings (SSSR count). The van der Waals surface area contributed by atoms with E-state index in [2.05, 4.69) is 24.1 Å². The molecule has 0 bridgehead atoms. The van der Waals surface area contributed by atoms with Gasteiger partial charge in [0.05, 0.1) is 0 Å². The highest BCUT2D eigenvalue weighted by atomic mass is 15.2. The minimum Gasteiger partial charge on any atom is -0.317 e. The van der Waals surface area contributed by atoms with E-state index in [0.717, 1.165) is 5.92 Å². The van der Waals surface area contributed by atoms with E-state index in [-0.39, 0.29) is 0 Å². The lowest BCUT2D eigenvalue weighted by Gasteiger charge is -2.40. The number of hydrogen-bond acceptors (Lipinski definition) is 2. The largest absolute Gasteiger partial charge is 0.317 e. The molecule has 1 atom stereocenters. The molecule has 0 aromatic heterocycles. The molecule has 2 saturated heterocycles. The first-order valence-electron chi connectivity index (χ1n) is 7.71. The van der Waals surface area contributed by atoms with E-state index in [9.17, 15) is 0 Å². The topological polar surface area (TPSA) is 15.3 Å². The lowest BCUT2D eigenvalue weighted by molar-refractivity contribution is 0.113. The molecule has 0 saturated carbocycles. The van der Waals surface area contributed by atoms with Crippen LogP contribution in [0.25, 0.3) is 0 Å². The molecule has 0 spiro atoms. The number of nitrogens with zero attached hydrogens (tertiary/aromatic N) is 1. The van der Waals surface area contributed by atoms with Gasteiger partial charge in [0.25, 0.3) is 0 Å². The molecule has 0 amide bonds. The van der Waals surface area contributed by atoms with Crippen LogP contribution >= 0.6 is 0 Å². The molecule has 1 unspecified atom stereocenters. The Morgan fingerprint density at radius 2 is 2.00 bits per heavy atom. The Hall–Kier alpha value is -0.0800. The SMILES string of the molecule is CCCC1(CN2CCC(CC)C2)CCNCC1. The fourth-order valence-electron chi connectivity index (χ4n) is 3.84. The van der Waals surface area contributed by atoms with Crippen molar-refractivity contribution in [2.75, 3.05) is 32.7 Å². The molecular weight excluding hydrogens is 208 g/mol. The summed E-state index contributed by atoms with van der Waals surface area (Å²) >= 11 is 0. The van der Waals surface area contributed by atoms with Crippen LogP contribution in [0.1, 0.15) is 52.4 Å². The quantitative estimate of drug-likeness (QED) is 0.792. The van der Waals surface area contributed by atoms with Crippen LogP contribution in [0.2, 0.25) is 0 Å². The van der Waals surface area contributed by atoms with Crippen LogP contribution in [0, 0.1) is 11.3 Å². The molecule has 2 heterocycles. The first-order valence-corrected chi connectivity index (χ1v) is 7.71. The molecule has 2 heteroatoms. The Balaban J connectivity index is 1.88. The Kier molecular flexibility index (Phi) is 4.87. The molecule has 0 radical (unpaired) electrons. The molecule has 17 heavy (non-hydrogen) atoms. The molecule has 0 aromatic carbocycles. The van der Waals surface area contributed by atoms with Crippen LogP contribution in [0.4, 0.5) is 0 Å². The number of likely N-dealkylation sites (tertiary alicyclic amines) is 1. The molecule has 0 aliphatic carbocycles. The third-order valence-corrected chi connectivity index (χ3v) is 4.95. The van der Waals surface area contributed by atoms with Crippen LogP contribution in [0.5, 0.6) is 0 Å². The molecule has 0 aromatic rings. The van der Waals surface area contributed by atoms with E-state index >= 15 is 0 Å². The Labute approximate surface area is 107 Å². The lowest BCUT2D eigenvalue weighted by Crippen LogP contribution is -2.44. The van der Waals surface area contributed by atoms with Crippen LogP contribution in [-0.4, -0.2) is 37.6 Å². The third kappa shape index (κ3) is 3.45. The van der Waals surface area contributed by atoms with Crippen LogP contribution in [-0.2, 0) is 0 Å². The van der Waals surface area contributed by atoms with E-state index in [0.29, 0.717) is 5.41 Å². The number of piperidine rings is 1. The zero-order chi connectivity index (χ0) is 12.1. The number of rotatable bonds is 5. The van der Waals surface area contributed by atoms with Gasteiger partial charge in [-0.15, -0.1) is 0 Å². The average molecular weight is 238 g/mol. The molecule has 100 valence electrons. The number of nitrogens with one attached hydrogen (secondary N) is 1. The first-order chi connectivity index (χ1) is 8.28. The van der Waals surface area contributed by atoms with Gasteiger partial charge < -0.3 is 10.2 Å². The van der Waals surface area contributed by atoms with Gasteiger partial charge in [-0.2, -0.15) is 0 Å². The Bertz CT molecular complexity index is 215. The van der Waals surface area contributed by atoms with Gasteiger partial charge in [0, 0.05) is 13.1 Å². The smallest absolute Gasteiger partial charge is 0.00390 e. The summed E-state index contributed by atoms with van der Waals surface area (Å²) in [6, 6.07) is 0. The lowest BCUT2D eigenvalue weighted by atomic mass is 9.75. The highest BCUT2D eigenvalue weighted by Crippen LogP contribution is 2.36. The maximum atomic E-state index is 3.52. The van der Waals surface area contributed by atoms with Crippen molar-refractivity contribution in [3.8, 4) is 0 Å². The second-order valence-corrected chi connectivity index (χ2v) is 6.30. The monoisotopic (exact) mass is 238 g/mol. The molecule has 2 fully saturated rings. The molecular formula is C15H30N2. The fourth-order valence-corrected chi connectivity index (χ4v) is 3.84. The molecule has 1 N–H and O–H groups in total. The van der Waals surface area contributed by atoms with Crippen molar-refractivity contribution in [3.05, 3.63) is 0 Å². The summed E-state index contributed by atoms with van der Waals surface area (Å²) in [6.07, 6.45) is 8.39. The zero-order valence-electron chi connectivity index (χ0n) is 11.8. The summed E-state index contributed by atoms with van der Waals surface area (Å²) in [5.41, 5.74) is 0.641. The van der Waals surface area contributed by atoms with E-state index in [1.54, 1.807) is 0 Å². The van der Waals surface area contributed by atoms with Gasteiger partial charge in [0.15, 0.2) is 0 Å². The van der Waals surface area contributed by atoms with Gasteiger partial charge in [-0.3, -0.25) is 0 Å². The Morgan fingerprint density at radius 3 is 2.59 bits per heavy atom. The summed E-state index contributed by atoms with van der Waals surface area (Å²) in [5, 5.41) is 3.52. The summed E-state index contributed by atoms with van der Waals surface area (Å²) < 4.78 is 0. The summed E-state index contributed by atoms with van der Waals surface area (Å²) in [6.45, 7) is 11.3. The van der Waals surface area contributed by atoms with Gasteiger partial charge in [-0.1, -0.05) is 26.7 Å². The van der Waals surface area contributed by atoms with E-state index in [4.69, 9.17) is 0 Å². The van der Waals surface area contributed by atoms with Crippen molar-refractivity contribution in [3.63, 3.8) is 0 Å². The molecule has 2 aliphatic heterocycles. The van der Waals surface area contributed by atoms with E-state index in [1.165, 1.54) is 71.2 Å². The summed E-state index contributed by atoms with van der Waals surface area (Å²) in [5.74, 6) is 0.982. The zero-order valence-corrected chi connectivity index (χ0v) is 11.8. The maximum Gasteiger partial charge on any atom is 0.00390 e. The van der Waals surface area contributed by atoms with Gasteiger partial charge in [0.1, 0.15) is 0 Å². The van der Waals surface area contributed by atoms with Crippen molar-refractivity contribution in [2.45, 2.75) is 52.4 Å². The van der Waals surface area contributed by atoms with E-state index < -0.39 is 0 Å². The second kappa shape index (κ2) is 6.19. The van der Waals surface area contributed by atoms with Crippen molar-refractivity contribution in [2.24, 2.45) is 11.3 Å². The van der Waals surface area contributed by atoms with Gasteiger partial charge in [0.2, 0.25) is 0 Å². The minimum absolute atomic E-state index is 0.641. The van der Waals surface area contributed by atoms with Crippen LogP contribution in [0.15, 0.2) is 0 Å². The van der Waals surface area contributed by atoms with Gasteiger partial charge in [-0.05, 0) is 56.7 Å². The van der Waals surface area contributed by atoms with Gasteiger partial charge >= 0.3 is 0 Å². The van der Waals surface area contributed by atoms with Crippen LogP contribution in [0.3, 0.4) is 0 Å². The summed E-state index contributed by atoms with van der Waals surface area (Å²) in [4.78, 5) is 2.76. The highest BCUT2D eigenvalue weighted by Gasteiger charge is 2.34.